The molecule has 0 saturated carbocycles. The van der Waals surface area contributed by atoms with Crippen LogP contribution in [-0.4, -0.2) is 45.5 Å². The van der Waals surface area contributed by atoms with Crippen molar-refractivity contribution < 1.29 is 9.69 Å². The van der Waals surface area contributed by atoms with Crippen LogP contribution >= 0.6 is 35.0 Å². The number of thioether (sulfide) groups is 1. The van der Waals surface area contributed by atoms with Gasteiger partial charge in [0.15, 0.2) is 16.8 Å². The first-order chi connectivity index (χ1) is 15.3. The monoisotopic (exact) mass is 493 g/mol. The Balaban J connectivity index is 1.79. The van der Waals surface area contributed by atoms with Crippen LogP contribution in [-0.2, 0) is 11.3 Å². The van der Waals surface area contributed by atoms with Crippen molar-refractivity contribution in [1.29, 1.82) is 0 Å². The Kier molecular flexibility index (Phi) is 8.53. The molecule has 1 amide bonds. The Hall–Kier alpha value is -2.13. The normalized spacial score (nSPS) is 12.2. The van der Waals surface area contributed by atoms with E-state index in [9.17, 15) is 4.79 Å². The van der Waals surface area contributed by atoms with Crippen LogP contribution in [0.3, 0.4) is 0 Å². The number of carbonyl (C=O) groups excluding carboxylic acids is 1. The molecular formula is C22H27Cl2N6OS+. The fraction of sp³-hybridized carbons (Fsp3) is 0.364. The van der Waals surface area contributed by atoms with Crippen LogP contribution < -0.4 is 10.2 Å². The number of rotatable bonds is 9. The van der Waals surface area contributed by atoms with Crippen LogP contribution in [0.2, 0.25) is 10.0 Å². The number of carbonyl (C=O) groups is 1. The second-order valence-electron chi connectivity index (χ2n) is 7.67. The summed E-state index contributed by atoms with van der Waals surface area (Å²) in [5.74, 6) is 1.13. The van der Waals surface area contributed by atoms with Gasteiger partial charge in [0.25, 0.3) is 0 Å². The molecule has 0 bridgehead atoms. The molecule has 0 spiro atoms. The zero-order chi connectivity index (χ0) is 23.3. The van der Waals surface area contributed by atoms with Crippen molar-refractivity contribution in [3.8, 4) is 0 Å². The first kappa shape index (κ1) is 24.5. The lowest BCUT2D eigenvalue weighted by molar-refractivity contribution is -0.893. The topological polar surface area (TPSA) is 77.1 Å². The van der Waals surface area contributed by atoms with Gasteiger partial charge in [0.05, 0.1) is 42.1 Å². The van der Waals surface area contributed by atoms with Crippen molar-refractivity contribution >= 4 is 46.7 Å². The number of quaternary nitrogens is 1. The first-order valence-electron chi connectivity index (χ1n) is 10.3. The standard InChI is InChI=1S/C22H26Cl2N6OS/c1-5-18(29(3)4)21-27-28-22(30(21)12-15-9-7-6-8-10-15)32-13-19(31)26-20-17(24)11-16(23)14(2)25-20/h6-11,18H,5,12-13H2,1-4H3,(H,25,26,31)/p+1/t18-/m0/s1. The minimum atomic E-state index is -0.229. The molecule has 2 N–H and O–H groups in total. The van der Waals surface area contributed by atoms with Gasteiger partial charge in [-0.25, -0.2) is 4.98 Å². The minimum Gasteiger partial charge on any atom is -0.331 e. The number of hydrogen-bond donors (Lipinski definition) is 2. The fourth-order valence-corrected chi connectivity index (χ4v) is 4.52. The highest BCUT2D eigenvalue weighted by atomic mass is 35.5. The molecule has 1 aromatic carbocycles. The molecule has 0 aliphatic carbocycles. The molecule has 2 heterocycles. The van der Waals surface area contributed by atoms with E-state index in [1.54, 1.807) is 13.0 Å². The zero-order valence-electron chi connectivity index (χ0n) is 18.5. The molecular weight excluding hydrogens is 467 g/mol. The maximum atomic E-state index is 12.6. The van der Waals surface area contributed by atoms with Crippen molar-refractivity contribution in [1.82, 2.24) is 19.7 Å². The SMILES string of the molecule is CC[C@@H](c1nnc(SCC(=O)Nc2nc(C)c(Cl)cc2Cl)n1Cc1ccccc1)[NH+](C)C. The number of halogens is 2. The number of nitrogens with zero attached hydrogens (tertiary/aromatic N) is 4. The van der Waals surface area contributed by atoms with Crippen molar-refractivity contribution in [3.63, 3.8) is 0 Å². The zero-order valence-corrected chi connectivity index (χ0v) is 20.9. The highest BCUT2D eigenvalue weighted by Gasteiger charge is 2.25. The summed E-state index contributed by atoms with van der Waals surface area (Å²) in [5, 5.41) is 13.1. The van der Waals surface area contributed by atoms with E-state index in [0.29, 0.717) is 33.3 Å². The second-order valence-corrected chi connectivity index (χ2v) is 9.43. The number of hydrogen-bond acceptors (Lipinski definition) is 5. The molecule has 0 radical (unpaired) electrons. The fourth-order valence-electron chi connectivity index (χ4n) is 3.37. The first-order valence-corrected chi connectivity index (χ1v) is 12.1. The predicted molar refractivity (Wildman–Crippen MR) is 130 cm³/mol. The predicted octanol–water partition coefficient (Wildman–Crippen LogP) is 3.66. The number of benzene rings is 1. The average molecular weight is 494 g/mol. The van der Waals surface area contributed by atoms with Crippen LogP contribution in [0.1, 0.15) is 36.5 Å². The molecule has 1 atom stereocenters. The Morgan fingerprint density at radius 1 is 1.19 bits per heavy atom. The summed E-state index contributed by atoms with van der Waals surface area (Å²) in [7, 11) is 4.22. The largest absolute Gasteiger partial charge is 0.331 e. The van der Waals surface area contributed by atoms with Gasteiger partial charge in [0, 0.05) is 6.42 Å². The lowest BCUT2D eigenvalue weighted by atomic mass is 10.2. The molecule has 0 aliphatic rings. The molecule has 7 nitrogen and oxygen atoms in total. The van der Waals surface area contributed by atoms with E-state index in [2.05, 4.69) is 58.2 Å². The summed E-state index contributed by atoms with van der Waals surface area (Å²) in [6, 6.07) is 11.9. The van der Waals surface area contributed by atoms with Crippen molar-refractivity contribution in [2.45, 2.75) is 38.0 Å². The lowest BCUT2D eigenvalue weighted by Crippen LogP contribution is -3.06. The Labute approximate surface area is 202 Å². The highest BCUT2D eigenvalue weighted by Crippen LogP contribution is 2.26. The smallest absolute Gasteiger partial charge is 0.236 e. The molecule has 10 heteroatoms. The van der Waals surface area contributed by atoms with Crippen LogP contribution in [0, 0.1) is 6.92 Å². The maximum Gasteiger partial charge on any atom is 0.236 e. The van der Waals surface area contributed by atoms with Gasteiger partial charge in [-0.1, -0.05) is 72.2 Å². The number of anilines is 1. The van der Waals surface area contributed by atoms with Crippen LogP contribution in [0.15, 0.2) is 41.6 Å². The van der Waals surface area contributed by atoms with E-state index >= 15 is 0 Å². The average Bonchev–Trinajstić information content (AvgIpc) is 3.13. The molecule has 0 unspecified atom stereocenters. The van der Waals surface area contributed by atoms with Gasteiger partial charge in [-0.05, 0) is 18.6 Å². The minimum absolute atomic E-state index is 0.151. The van der Waals surface area contributed by atoms with Gasteiger partial charge in [-0.2, -0.15) is 0 Å². The second kappa shape index (κ2) is 11.1. The van der Waals surface area contributed by atoms with Crippen LogP contribution in [0.4, 0.5) is 5.82 Å². The number of nitrogens with one attached hydrogen (secondary N) is 2. The van der Waals surface area contributed by atoms with Crippen LogP contribution in [0.25, 0.3) is 0 Å². The third kappa shape index (κ3) is 6.01. The summed E-state index contributed by atoms with van der Waals surface area (Å²) in [6.07, 6.45) is 0.931. The summed E-state index contributed by atoms with van der Waals surface area (Å²) in [4.78, 5) is 18.1. The molecule has 0 fully saturated rings. The summed E-state index contributed by atoms with van der Waals surface area (Å²) < 4.78 is 2.10. The number of pyridine rings is 1. The highest BCUT2D eigenvalue weighted by molar-refractivity contribution is 7.99. The maximum absolute atomic E-state index is 12.6. The van der Waals surface area contributed by atoms with E-state index in [4.69, 9.17) is 23.2 Å². The van der Waals surface area contributed by atoms with Gasteiger partial charge in [-0.3, -0.25) is 9.36 Å². The number of amides is 1. The third-order valence-corrected chi connectivity index (χ3v) is 6.68. The van der Waals surface area contributed by atoms with Gasteiger partial charge >= 0.3 is 0 Å². The molecule has 3 rings (SSSR count). The molecule has 2 aromatic heterocycles. The van der Waals surface area contributed by atoms with E-state index in [0.717, 1.165) is 17.8 Å². The Morgan fingerprint density at radius 3 is 2.56 bits per heavy atom. The van der Waals surface area contributed by atoms with Gasteiger partial charge in [0.1, 0.15) is 6.04 Å². The van der Waals surface area contributed by atoms with Gasteiger partial charge < -0.3 is 10.2 Å². The molecule has 0 aliphatic heterocycles. The molecule has 170 valence electrons. The summed E-state index contributed by atoms with van der Waals surface area (Å²) in [6.45, 7) is 4.54. The quantitative estimate of drug-likeness (QED) is 0.444. The van der Waals surface area contributed by atoms with Crippen molar-refractivity contribution in [2.24, 2.45) is 0 Å². The van der Waals surface area contributed by atoms with Crippen molar-refractivity contribution in [2.75, 3.05) is 25.2 Å². The Bertz CT molecular complexity index is 1070. The molecule has 0 saturated heterocycles. The number of aromatic nitrogens is 4. The van der Waals surface area contributed by atoms with Crippen molar-refractivity contribution in [3.05, 3.63) is 63.5 Å². The number of aryl methyl sites for hydroxylation is 1. The van der Waals surface area contributed by atoms with Gasteiger partial charge in [-0.15, -0.1) is 10.2 Å². The van der Waals surface area contributed by atoms with E-state index < -0.39 is 0 Å². The van der Waals surface area contributed by atoms with Gasteiger partial charge in [0.2, 0.25) is 5.91 Å². The molecule has 3 aromatic rings. The van der Waals surface area contributed by atoms with E-state index in [1.807, 2.05) is 18.2 Å². The van der Waals surface area contributed by atoms with Crippen LogP contribution in [0.5, 0.6) is 0 Å². The van der Waals surface area contributed by atoms with E-state index in [-0.39, 0.29) is 17.7 Å². The molecule has 32 heavy (non-hydrogen) atoms. The Morgan fingerprint density at radius 2 is 1.91 bits per heavy atom. The lowest BCUT2D eigenvalue weighted by Gasteiger charge is -2.20. The van der Waals surface area contributed by atoms with E-state index in [1.165, 1.54) is 16.7 Å². The summed E-state index contributed by atoms with van der Waals surface area (Å²) >= 11 is 13.5. The third-order valence-electron chi connectivity index (χ3n) is 5.04. The summed E-state index contributed by atoms with van der Waals surface area (Å²) in [5.41, 5.74) is 1.75.